The SMILES string of the molecule is COC(=O)N1[C@@H]2CCC[C@H]1CC(N)C2. The fourth-order valence-corrected chi connectivity index (χ4v) is 2.83. The first-order valence-corrected chi connectivity index (χ1v) is 5.34. The van der Waals surface area contributed by atoms with E-state index < -0.39 is 0 Å². The number of carbonyl (C=O) groups excluding carboxylic acids is 1. The average Bonchev–Trinajstić information content (AvgIpc) is 2.15. The van der Waals surface area contributed by atoms with Gasteiger partial charge in [0.05, 0.1) is 7.11 Å². The first kappa shape index (κ1) is 9.77. The molecule has 2 aliphatic heterocycles. The molecule has 0 aliphatic carbocycles. The highest BCUT2D eigenvalue weighted by Crippen LogP contribution is 2.33. The van der Waals surface area contributed by atoms with Crippen molar-refractivity contribution in [2.24, 2.45) is 5.73 Å². The van der Waals surface area contributed by atoms with Crippen molar-refractivity contribution in [3.63, 3.8) is 0 Å². The zero-order valence-corrected chi connectivity index (χ0v) is 8.61. The van der Waals surface area contributed by atoms with Crippen molar-refractivity contribution in [3.8, 4) is 0 Å². The maximum atomic E-state index is 11.6. The van der Waals surface area contributed by atoms with Crippen molar-refractivity contribution >= 4 is 6.09 Å². The molecule has 2 saturated heterocycles. The molecule has 1 amide bonds. The van der Waals surface area contributed by atoms with Crippen molar-refractivity contribution in [2.75, 3.05) is 7.11 Å². The summed E-state index contributed by atoms with van der Waals surface area (Å²) in [5, 5.41) is 0. The van der Waals surface area contributed by atoms with E-state index >= 15 is 0 Å². The highest BCUT2D eigenvalue weighted by Gasteiger charge is 2.40. The van der Waals surface area contributed by atoms with Gasteiger partial charge in [-0.1, -0.05) is 0 Å². The first-order valence-electron chi connectivity index (χ1n) is 5.34. The van der Waals surface area contributed by atoms with Gasteiger partial charge in [-0.2, -0.15) is 0 Å². The molecule has 14 heavy (non-hydrogen) atoms. The summed E-state index contributed by atoms with van der Waals surface area (Å²) in [6.45, 7) is 0. The number of fused-ring (bicyclic) bond motifs is 2. The van der Waals surface area contributed by atoms with E-state index in [1.54, 1.807) is 0 Å². The van der Waals surface area contributed by atoms with Gasteiger partial charge in [-0.3, -0.25) is 0 Å². The number of hydrogen-bond donors (Lipinski definition) is 1. The van der Waals surface area contributed by atoms with Crippen LogP contribution in [0.2, 0.25) is 0 Å². The molecule has 0 radical (unpaired) electrons. The molecular weight excluding hydrogens is 180 g/mol. The minimum absolute atomic E-state index is 0.174. The lowest BCUT2D eigenvalue weighted by molar-refractivity contribution is 0.0268. The lowest BCUT2D eigenvalue weighted by Crippen LogP contribution is -2.57. The van der Waals surface area contributed by atoms with Crippen LogP contribution in [0.5, 0.6) is 0 Å². The number of rotatable bonds is 0. The molecule has 2 fully saturated rings. The molecule has 0 aromatic rings. The maximum absolute atomic E-state index is 11.6. The molecule has 0 saturated carbocycles. The number of carbonyl (C=O) groups is 1. The van der Waals surface area contributed by atoms with Crippen LogP contribution in [0.15, 0.2) is 0 Å². The Morgan fingerprint density at radius 3 is 2.43 bits per heavy atom. The Balaban J connectivity index is 2.12. The molecule has 2 bridgehead atoms. The normalized spacial score (nSPS) is 36.7. The fraction of sp³-hybridized carbons (Fsp3) is 0.900. The van der Waals surface area contributed by atoms with E-state index in [4.69, 9.17) is 10.5 Å². The molecule has 2 rings (SSSR count). The van der Waals surface area contributed by atoms with Crippen LogP contribution in [0.1, 0.15) is 32.1 Å². The molecule has 4 nitrogen and oxygen atoms in total. The number of methoxy groups -OCH3 is 1. The van der Waals surface area contributed by atoms with E-state index in [2.05, 4.69) is 0 Å². The van der Waals surface area contributed by atoms with Gasteiger partial charge in [-0.15, -0.1) is 0 Å². The van der Waals surface area contributed by atoms with E-state index in [0.717, 1.165) is 25.7 Å². The van der Waals surface area contributed by atoms with E-state index in [1.165, 1.54) is 13.5 Å². The van der Waals surface area contributed by atoms with Gasteiger partial charge in [0, 0.05) is 18.1 Å². The molecule has 0 aromatic heterocycles. The van der Waals surface area contributed by atoms with Crippen LogP contribution in [0, 0.1) is 0 Å². The maximum Gasteiger partial charge on any atom is 0.409 e. The minimum atomic E-state index is -0.174. The van der Waals surface area contributed by atoms with Crippen LogP contribution in [-0.4, -0.2) is 36.2 Å². The fourth-order valence-electron chi connectivity index (χ4n) is 2.83. The number of hydrogen-bond acceptors (Lipinski definition) is 3. The minimum Gasteiger partial charge on any atom is -0.453 e. The van der Waals surface area contributed by atoms with Gasteiger partial charge in [-0.25, -0.2) is 4.79 Å². The van der Waals surface area contributed by atoms with E-state index in [9.17, 15) is 4.79 Å². The molecule has 0 aromatic carbocycles. The first-order chi connectivity index (χ1) is 6.72. The largest absolute Gasteiger partial charge is 0.453 e. The molecule has 2 heterocycles. The average molecular weight is 198 g/mol. The highest BCUT2D eigenvalue weighted by molar-refractivity contribution is 5.68. The van der Waals surface area contributed by atoms with Crippen LogP contribution >= 0.6 is 0 Å². The van der Waals surface area contributed by atoms with Gasteiger partial charge in [0.1, 0.15) is 0 Å². The van der Waals surface area contributed by atoms with Crippen molar-refractivity contribution in [2.45, 2.75) is 50.2 Å². The quantitative estimate of drug-likeness (QED) is 0.634. The zero-order valence-electron chi connectivity index (χ0n) is 8.61. The summed E-state index contributed by atoms with van der Waals surface area (Å²) in [5.74, 6) is 0. The molecular formula is C10H18N2O2. The number of ether oxygens (including phenoxy) is 1. The standard InChI is InChI=1S/C10H18N2O2/c1-14-10(13)12-8-3-2-4-9(12)6-7(11)5-8/h7-9H,2-6,11H2,1H3/t7?,8-,9+. The third kappa shape index (κ3) is 1.59. The van der Waals surface area contributed by atoms with E-state index in [0.29, 0.717) is 12.1 Å². The molecule has 3 atom stereocenters. The van der Waals surface area contributed by atoms with Crippen LogP contribution in [-0.2, 0) is 4.74 Å². The molecule has 1 unspecified atom stereocenters. The lowest BCUT2D eigenvalue weighted by atomic mass is 9.82. The Morgan fingerprint density at radius 1 is 1.36 bits per heavy atom. The van der Waals surface area contributed by atoms with Crippen LogP contribution in [0.4, 0.5) is 4.79 Å². The van der Waals surface area contributed by atoms with Gasteiger partial charge in [0.25, 0.3) is 0 Å². The molecule has 80 valence electrons. The summed E-state index contributed by atoms with van der Waals surface area (Å²) in [6, 6.07) is 0.918. The smallest absolute Gasteiger partial charge is 0.409 e. The molecule has 4 heteroatoms. The lowest BCUT2D eigenvalue weighted by Gasteiger charge is -2.47. The Labute approximate surface area is 84.4 Å². The van der Waals surface area contributed by atoms with Crippen LogP contribution in [0.25, 0.3) is 0 Å². The van der Waals surface area contributed by atoms with Gasteiger partial charge in [0.15, 0.2) is 0 Å². The van der Waals surface area contributed by atoms with Crippen molar-refractivity contribution in [3.05, 3.63) is 0 Å². The van der Waals surface area contributed by atoms with Gasteiger partial charge in [-0.05, 0) is 32.1 Å². The Morgan fingerprint density at radius 2 is 1.93 bits per heavy atom. The Bertz CT molecular complexity index is 218. The molecule has 2 N–H and O–H groups in total. The van der Waals surface area contributed by atoms with Crippen molar-refractivity contribution in [1.29, 1.82) is 0 Å². The van der Waals surface area contributed by atoms with E-state index in [-0.39, 0.29) is 12.1 Å². The number of nitrogens with zero attached hydrogens (tertiary/aromatic N) is 1. The monoisotopic (exact) mass is 198 g/mol. The van der Waals surface area contributed by atoms with Crippen molar-refractivity contribution in [1.82, 2.24) is 4.90 Å². The summed E-state index contributed by atoms with van der Waals surface area (Å²) in [6.07, 6.45) is 5.08. The molecule has 0 spiro atoms. The second-order valence-corrected chi connectivity index (χ2v) is 4.35. The number of nitrogens with two attached hydrogens (primary N) is 1. The predicted octanol–water partition coefficient (Wildman–Crippen LogP) is 1.10. The third-order valence-electron chi connectivity index (χ3n) is 3.40. The second kappa shape index (κ2) is 3.77. The number of piperidine rings is 2. The number of amides is 1. The van der Waals surface area contributed by atoms with Gasteiger partial charge in [0.2, 0.25) is 0 Å². The highest BCUT2D eigenvalue weighted by atomic mass is 16.5. The summed E-state index contributed by atoms with van der Waals surface area (Å²) in [7, 11) is 1.45. The Hall–Kier alpha value is -0.770. The predicted molar refractivity (Wildman–Crippen MR) is 52.9 cm³/mol. The topological polar surface area (TPSA) is 55.6 Å². The van der Waals surface area contributed by atoms with Crippen LogP contribution in [0.3, 0.4) is 0 Å². The van der Waals surface area contributed by atoms with E-state index in [1.807, 2.05) is 4.90 Å². The van der Waals surface area contributed by atoms with Crippen LogP contribution < -0.4 is 5.73 Å². The summed E-state index contributed by atoms with van der Waals surface area (Å²) in [5.41, 5.74) is 5.95. The Kier molecular flexibility index (Phi) is 2.63. The summed E-state index contributed by atoms with van der Waals surface area (Å²) in [4.78, 5) is 13.5. The van der Waals surface area contributed by atoms with Crippen molar-refractivity contribution < 1.29 is 9.53 Å². The summed E-state index contributed by atoms with van der Waals surface area (Å²) < 4.78 is 4.81. The zero-order chi connectivity index (χ0) is 10.1. The molecule has 2 aliphatic rings. The van der Waals surface area contributed by atoms with Gasteiger partial charge >= 0.3 is 6.09 Å². The second-order valence-electron chi connectivity index (χ2n) is 4.35. The summed E-state index contributed by atoms with van der Waals surface area (Å²) >= 11 is 0. The van der Waals surface area contributed by atoms with Gasteiger partial charge < -0.3 is 15.4 Å². The third-order valence-corrected chi connectivity index (χ3v) is 3.40.